The second-order valence-electron chi connectivity index (χ2n) is 9.04. The summed E-state index contributed by atoms with van der Waals surface area (Å²) in [5, 5.41) is 1.28. The van der Waals surface area contributed by atoms with E-state index >= 15 is 0 Å². The van der Waals surface area contributed by atoms with Crippen molar-refractivity contribution in [3.8, 4) is 0 Å². The second kappa shape index (κ2) is 8.42. The number of hydrogen-bond donors (Lipinski definition) is 0. The standard InChI is InChI=1S/C23H33N5OS/c1-3-26-10-9-18-19(15-26)30-22-20(18)21(24-16(2)25-22)27-11-13-28(14-12-27)23(29)17-7-5-4-6-8-17/h17H,3-15H2,1-2H3. The highest BCUT2D eigenvalue weighted by molar-refractivity contribution is 7.19. The van der Waals surface area contributed by atoms with Gasteiger partial charge in [0.2, 0.25) is 5.91 Å². The Morgan fingerprint density at radius 3 is 2.57 bits per heavy atom. The minimum atomic E-state index is 0.267. The van der Waals surface area contributed by atoms with E-state index in [0.717, 1.165) is 81.5 Å². The molecule has 7 heteroatoms. The van der Waals surface area contributed by atoms with Gasteiger partial charge in [-0.05, 0) is 38.3 Å². The number of thiophene rings is 1. The SMILES string of the molecule is CCN1CCc2c(sc3nc(C)nc(N4CCN(C(=O)C5CCCCC5)CC4)c23)C1. The van der Waals surface area contributed by atoms with Crippen LogP contribution in [0.3, 0.4) is 0 Å². The van der Waals surface area contributed by atoms with Gasteiger partial charge < -0.3 is 9.80 Å². The van der Waals surface area contributed by atoms with E-state index in [1.165, 1.54) is 35.1 Å². The van der Waals surface area contributed by atoms with Crippen LogP contribution in [0.1, 0.15) is 55.3 Å². The van der Waals surface area contributed by atoms with E-state index in [0.29, 0.717) is 5.91 Å². The molecular formula is C23H33N5OS. The van der Waals surface area contributed by atoms with Crippen LogP contribution >= 0.6 is 11.3 Å². The fourth-order valence-corrected chi connectivity index (χ4v) is 6.68. The molecule has 0 unspecified atom stereocenters. The predicted octanol–water partition coefficient (Wildman–Crippen LogP) is 3.61. The monoisotopic (exact) mass is 427 g/mol. The van der Waals surface area contributed by atoms with Crippen LogP contribution in [0.4, 0.5) is 5.82 Å². The molecule has 5 rings (SSSR count). The zero-order valence-corrected chi connectivity index (χ0v) is 19.1. The molecule has 0 N–H and O–H groups in total. The van der Waals surface area contributed by atoms with Crippen molar-refractivity contribution in [3.05, 3.63) is 16.3 Å². The van der Waals surface area contributed by atoms with Crippen molar-refractivity contribution in [2.75, 3.05) is 44.2 Å². The fraction of sp³-hybridized carbons (Fsp3) is 0.696. The van der Waals surface area contributed by atoms with E-state index in [9.17, 15) is 4.79 Å². The lowest BCUT2D eigenvalue weighted by Gasteiger charge is -2.38. The van der Waals surface area contributed by atoms with Gasteiger partial charge in [-0.15, -0.1) is 11.3 Å². The first-order valence-electron chi connectivity index (χ1n) is 11.7. The molecule has 0 spiro atoms. The average Bonchev–Trinajstić information content (AvgIpc) is 3.15. The maximum atomic E-state index is 13.0. The number of anilines is 1. The van der Waals surface area contributed by atoms with Crippen LogP contribution in [0.15, 0.2) is 0 Å². The van der Waals surface area contributed by atoms with Crippen molar-refractivity contribution in [1.82, 2.24) is 19.8 Å². The molecule has 3 aliphatic rings. The first-order valence-corrected chi connectivity index (χ1v) is 12.5. The molecule has 30 heavy (non-hydrogen) atoms. The maximum Gasteiger partial charge on any atom is 0.225 e. The van der Waals surface area contributed by atoms with Crippen molar-refractivity contribution in [3.63, 3.8) is 0 Å². The molecule has 1 aliphatic carbocycles. The Kier molecular flexibility index (Phi) is 5.67. The molecule has 1 saturated heterocycles. The van der Waals surface area contributed by atoms with Crippen LogP contribution < -0.4 is 4.90 Å². The van der Waals surface area contributed by atoms with Crippen molar-refractivity contribution >= 4 is 33.3 Å². The highest BCUT2D eigenvalue weighted by atomic mass is 32.1. The largest absolute Gasteiger partial charge is 0.352 e. The first-order chi connectivity index (χ1) is 14.6. The van der Waals surface area contributed by atoms with Gasteiger partial charge in [0, 0.05) is 50.1 Å². The van der Waals surface area contributed by atoms with E-state index in [4.69, 9.17) is 9.97 Å². The number of carbonyl (C=O) groups excluding carboxylic acids is 1. The van der Waals surface area contributed by atoms with Gasteiger partial charge in [0.25, 0.3) is 0 Å². The summed E-state index contributed by atoms with van der Waals surface area (Å²) >= 11 is 1.85. The average molecular weight is 428 g/mol. The molecule has 0 radical (unpaired) electrons. The molecule has 162 valence electrons. The fourth-order valence-electron chi connectivity index (χ4n) is 5.38. The number of rotatable bonds is 3. The number of aryl methyl sites for hydroxylation is 1. The highest BCUT2D eigenvalue weighted by Gasteiger charge is 2.31. The van der Waals surface area contributed by atoms with E-state index in [1.807, 2.05) is 18.3 Å². The highest BCUT2D eigenvalue weighted by Crippen LogP contribution is 2.39. The van der Waals surface area contributed by atoms with Crippen molar-refractivity contribution in [2.45, 2.75) is 58.9 Å². The van der Waals surface area contributed by atoms with Gasteiger partial charge in [0.1, 0.15) is 16.5 Å². The summed E-state index contributed by atoms with van der Waals surface area (Å²) in [6.45, 7) is 10.9. The quantitative estimate of drug-likeness (QED) is 0.749. The van der Waals surface area contributed by atoms with Crippen molar-refractivity contribution < 1.29 is 4.79 Å². The molecule has 2 aliphatic heterocycles. The minimum absolute atomic E-state index is 0.267. The summed E-state index contributed by atoms with van der Waals surface area (Å²) < 4.78 is 0. The zero-order chi connectivity index (χ0) is 20.7. The van der Waals surface area contributed by atoms with Gasteiger partial charge in [-0.1, -0.05) is 26.2 Å². The van der Waals surface area contributed by atoms with E-state index in [1.54, 1.807) is 0 Å². The van der Waals surface area contributed by atoms with Crippen LogP contribution in [0.25, 0.3) is 10.2 Å². The number of nitrogens with zero attached hydrogens (tertiary/aromatic N) is 5. The van der Waals surface area contributed by atoms with Crippen LogP contribution in [-0.4, -0.2) is 64.9 Å². The van der Waals surface area contributed by atoms with Gasteiger partial charge >= 0.3 is 0 Å². The number of hydrogen-bond acceptors (Lipinski definition) is 6. The lowest BCUT2D eigenvalue weighted by Crippen LogP contribution is -2.51. The summed E-state index contributed by atoms with van der Waals surface area (Å²) in [6.07, 6.45) is 6.98. The topological polar surface area (TPSA) is 52.6 Å². The summed E-state index contributed by atoms with van der Waals surface area (Å²) in [5.41, 5.74) is 1.47. The Morgan fingerprint density at radius 1 is 1.07 bits per heavy atom. The Bertz CT molecular complexity index is 927. The van der Waals surface area contributed by atoms with Crippen LogP contribution in [0.2, 0.25) is 0 Å². The second-order valence-corrected chi connectivity index (χ2v) is 10.1. The Balaban J connectivity index is 1.37. The third-order valence-electron chi connectivity index (χ3n) is 7.16. The summed E-state index contributed by atoms with van der Waals surface area (Å²) in [4.78, 5) is 32.3. The molecule has 0 aromatic carbocycles. The Labute approximate surface area is 183 Å². The van der Waals surface area contributed by atoms with Gasteiger partial charge in [-0.3, -0.25) is 9.69 Å². The lowest BCUT2D eigenvalue weighted by molar-refractivity contribution is -0.136. The van der Waals surface area contributed by atoms with E-state index < -0.39 is 0 Å². The number of aromatic nitrogens is 2. The number of likely N-dealkylation sites (N-methyl/N-ethyl adjacent to an activating group) is 1. The maximum absolute atomic E-state index is 13.0. The molecule has 2 aromatic rings. The van der Waals surface area contributed by atoms with Gasteiger partial charge in [0.15, 0.2) is 0 Å². The zero-order valence-electron chi connectivity index (χ0n) is 18.3. The first kappa shape index (κ1) is 20.2. The third kappa shape index (κ3) is 3.71. The molecule has 0 bridgehead atoms. The predicted molar refractivity (Wildman–Crippen MR) is 122 cm³/mol. The van der Waals surface area contributed by atoms with Crippen molar-refractivity contribution in [1.29, 1.82) is 0 Å². The van der Waals surface area contributed by atoms with Gasteiger partial charge in [-0.2, -0.15) is 0 Å². The Hall–Kier alpha value is -1.73. The molecule has 2 fully saturated rings. The van der Waals surface area contributed by atoms with E-state index in [-0.39, 0.29) is 5.92 Å². The number of amides is 1. The number of fused-ring (bicyclic) bond motifs is 3. The Morgan fingerprint density at radius 2 is 1.83 bits per heavy atom. The van der Waals surface area contributed by atoms with Gasteiger partial charge in [-0.25, -0.2) is 9.97 Å². The third-order valence-corrected chi connectivity index (χ3v) is 8.28. The van der Waals surface area contributed by atoms with Crippen LogP contribution in [0.5, 0.6) is 0 Å². The van der Waals surface area contributed by atoms with Crippen molar-refractivity contribution in [2.24, 2.45) is 5.92 Å². The normalized spacial score (nSPS) is 21.3. The molecule has 6 nitrogen and oxygen atoms in total. The van der Waals surface area contributed by atoms with Crippen LogP contribution in [-0.2, 0) is 17.8 Å². The summed E-state index contributed by atoms with van der Waals surface area (Å²) in [7, 11) is 0. The smallest absolute Gasteiger partial charge is 0.225 e. The summed E-state index contributed by atoms with van der Waals surface area (Å²) in [5.74, 6) is 2.61. The molecule has 0 atom stereocenters. The van der Waals surface area contributed by atoms with Crippen LogP contribution in [0, 0.1) is 12.8 Å². The molecule has 1 saturated carbocycles. The van der Waals surface area contributed by atoms with E-state index in [2.05, 4.69) is 21.6 Å². The lowest BCUT2D eigenvalue weighted by atomic mass is 9.88. The number of carbonyl (C=O) groups is 1. The minimum Gasteiger partial charge on any atom is -0.352 e. The summed E-state index contributed by atoms with van der Waals surface area (Å²) in [6, 6.07) is 0. The molecular weight excluding hydrogens is 394 g/mol. The molecule has 1 amide bonds. The molecule has 4 heterocycles. The molecule has 2 aromatic heterocycles. The van der Waals surface area contributed by atoms with Gasteiger partial charge in [0.05, 0.1) is 5.39 Å². The number of piperazine rings is 1.